The third-order valence-electron chi connectivity index (χ3n) is 3.41. The lowest BCUT2D eigenvalue weighted by Gasteiger charge is -2.21. The van der Waals surface area contributed by atoms with Gasteiger partial charge in [-0.3, -0.25) is 4.79 Å². The van der Waals surface area contributed by atoms with Crippen LogP contribution in [0.5, 0.6) is 0 Å². The number of rotatable bonds is 6. The number of nitrogens with one attached hydrogen (secondary N) is 1. The van der Waals surface area contributed by atoms with Crippen LogP contribution in [-0.2, 0) is 4.74 Å². The quantitative estimate of drug-likeness (QED) is 0.783. The van der Waals surface area contributed by atoms with E-state index in [1.165, 1.54) is 0 Å². The van der Waals surface area contributed by atoms with Crippen LogP contribution in [0.3, 0.4) is 0 Å². The second-order valence-corrected chi connectivity index (χ2v) is 7.36. The molecule has 23 heavy (non-hydrogen) atoms. The summed E-state index contributed by atoms with van der Waals surface area (Å²) in [5.74, 6) is 0.480. The van der Waals surface area contributed by atoms with Gasteiger partial charge in [0.15, 0.2) is 5.78 Å². The Kier molecular flexibility index (Phi) is 6.79. The molecular weight excluding hydrogens is 290 g/mol. The van der Waals surface area contributed by atoms with Gasteiger partial charge < -0.3 is 10.1 Å². The molecule has 0 aliphatic heterocycles. The molecular formula is C19H29NO3. The van der Waals surface area contributed by atoms with Crippen LogP contribution < -0.4 is 5.32 Å². The van der Waals surface area contributed by atoms with E-state index in [1.54, 1.807) is 0 Å². The highest BCUT2D eigenvalue weighted by Crippen LogP contribution is 2.21. The number of ketones is 1. The maximum atomic E-state index is 12.5. The number of ether oxygens (including phenoxy) is 1. The van der Waals surface area contributed by atoms with E-state index in [9.17, 15) is 9.59 Å². The maximum Gasteiger partial charge on any atom is 0.407 e. The molecule has 0 unspecified atom stereocenters. The van der Waals surface area contributed by atoms with Crippen LogP contribution in [-0.4, -0.2) is 24.0 Å². The molecule has 0 aliphatic rings. The second kappa shape index (κ2) is 8.14. The molecule has 0 aliphatic carbocycles. The lowest BCUT2D eigenvalue weighted by Crippen LogP contribution is -2.35. The zero-order valence-electron chi connectivity index (χ0n) is 15.1. The van der Waals surface area contributed by atoms with Gasteiger partial charge in [-0.15, -0.1) is 0 Å². The molecule has 1 rings (SSSR count). The Hall–Kier alpha value is -1.84. The van der Waals surface area contributed by atoms with Crippen molar-refractivity contribution in [2.45, 2.75) is 59.5 Å². The summed E-state index contributed by atoms with van der Waals surface area (Å²) < 4.78 is 5.19. The fourth-order valence-electron chi connectivity index (χ4n) is 2.32. The SMILES string of the molecule is CC(C)c1ccccc1C(=O)C[C@H](C)CNC(=O)OC(C)(C)C. The van der Waals surface area contributed by atoms with Gasteiger partial charge in [-0.1, -0.05) is 45.0 Å². The van der Waals surface area contributed by atoms with E-state index in [2.05, 4.69) is 19.2 Å². The van der Waals surface area contributed by atoms with E-state index < -0.39 is 11.7 Å². The number of alkyl carbamates (subject to hydrolysis) is 1. The standard InChI is InChI=1S/C19H29NO3/c1-13(2)15-9-7-8-10-16(15)17(21)11-14(3)12-20-18(22)23-19(4,5)6/h7-10,13-14H,11-12H2,1-6H3,(H,20,22)/t14-/m0/s1. The minimum absolute atomic E-state index is 0.0511. The van der Waals surface area contributed by atoms with Crippen LogP contribution in [0.15, 0.2) is 24.3 Å². The first-order chi connectivity index (χ1) is 10.6. The Morgan fingerprint density at radius 2 is 1.74 bits per heavy atom. The van der Waals surface area contributed by atoms with Crippen LogP contribution >= 0.6 is 0 Å². The van der Waals surface area contributed by atoms with E-state index in [1.807, 2.05) is 52.0 Å². The molecule has 0 radical (unpaired) electrons. The van der Waals surface area contributed by atoms with Gasteiger partial charge in [0.2, 0.25) is 0 Å². The smallest absolute Gasteiger partial charge is 0.407 e. The van der Waals surface area contributed by atoms with Crippen molar-refractivity contribution in [1.29, 1.82) is 0 Å². The van der Waals surface area contributed by atoms with Crippen molar-refractivity contribution in [3.8, 4) is 0 Å². The predicted molar refractivity (Wildman–Crippen MR) is 92.9 cm³/mol. The number of hydrogen-bond acceptors (Lipinski definition) is 3. The van der Waals surface area contributed by atoms with Crippen LogP contribution in [0.1, 0.15) is 69.8 Å². The molecule has 0 saturated heterocycles. The van der Waals surface area contributed by atoms with Crippen molar-refractivity contribution in [2.75, 3.05) is 6.54 Å². The Balaban J connectivity index is 2.56. The molecule has 0 saturated carbocycles. The van der Waals surface area contributed by atoms with E-state index in [-0.39, 0.29) is 11.7 Å². The normalized spacial score (nSPS) is 12.8. The van der Waals surface area contributed by atoms with Crippen molar-refractivity contribution in [3.05, 3.63) is 35.4 Å². The van der Waals surface area contributed by atoms with Crippen molar-refractivity contribution in [2.24, 2.45) is 5.92 Å². The van der Waals surface area contributed by atoms with Gasteiger partial charge in [-0.2, -0.15) is 0 Å². The van der Waals surface area contributed by atoms with Crippen LogP contribution in [0, 0.1) is 5.92 Å². The Morgan fingerprint density at radius 1 is 1.13 bits per heavy atom. The third kappa shape index (κ3) is 6.85. The number of Topliss-reactive ketones (excluding diaryl/α,β-unsaturated/α-hetero) is 1. The van der Waals surface area contributed by atoms with E-state index in [0.29, 0.717) is 18.9 Å². The summed E-state index contributed by atoms with van der Waals surface area (Å²) in [6, 6.07) is 7.73. The highest BCUT2D eigenvalue weighted by atomic mass is 16.6. The summed E-state index contributed by atoms with van der Waals surface area (Å²) >= 11 is 0. The van der Waals surface area contributed by atoms with Crippen molar-refractivity contribution in [3.63, 3.8) is 0 Å². The lowest BCUT2D eigenvalue weighted by atomic mass is 9.91. The molecule has 0 aromatic heterocycles. The molecule has 0 spiro atoms. The molecule has 0 bridgehead atoms. The van der Waals surface area contributed by atoms with Crippen molar-refractivity contribution in [1.82, 2.24) is 5.32 Å². The first-order valence-corrected chi connectivity index (χ1v) is 8.19. The predicted octanol–water partition coefficient (Wildman–Crippen LogP) is 4.54. The Morgan fingerprint density at radius 3 is 2.30 bits per heavy atom. The molecule has 1 aromatic carbocycles. The average molecular weight is 319 g/mol. The summed E-state index contributed by atoms with van der Waals surface area (Å²) in [6.45, 7) is 12.0. The number of hydrogen-bond donors (Lipinski definition) is 1. The minimum atomic E-state index is -0.515. The zero-order chi connectivity index (χ0) is 17.6. The Labute approximate surface area is 139 Å². The zero-order valence-corrected chi connectivity index (χ0v) is 15.1. The van der Waals surface area contributed by atoms with Gasteiger partial charge in [-0.05, 0) is 38.2 Å². The first kappa shape index (κ1) is 19.2. The van der Waals surface area contributed by atoms with E-state index in [4.69, 9.17) is 4.74 Å². The number of carbonyl (C=O) groups is 2. The van der Waals surface area contributed by atoms with Gasteiger partial charge in [0.05, 0.1) is 0 Å². The van der Waals surface area contributed by atoms with Crippen LogP contribution in [0.25, 0.3) is 0 Å². The van der Waals surface area contributed by atoms with Crippen molar-refractivity contribution < 1.29 is 14.3 Å². The van der Waals surface area contributed by atoms with Gasteiger partial charge in [0.25, 0.3) is 0 Å². The van der Waals surface area contributed by atoms with Crippen LogP contribution in [0.4, 0.5) is 4.79 Å². The molecule has 1 atom stereocenters. The van der Waals surface area contributed by atoms with Crippen LogP contribution in [0.2, 0.25) is 0 Å². The van der Waals surface area contributed by atoms with Crippen molar-refractivity contribution >= 4 is 11.9 Å². The summed E-state index contributed by atoms with van der Waals surface area (Å²) in [7, 11) is 0. The summed E-state index contributed by atoms with van der Waals surface area (Å²) in [4.78, 5) is 24.2. The average Bonchev–Trinajstić information content (AvgIpc) is 2.43. The van der Waals surface area contributed by atoms with Gasteiger partial charge in [0.1, 0.15) is 5.60 Å². The highest BCUT2D eigenvalue weighted by Gasteiger charge is 2.19. The third-order valence-corrected chi connectivity index (χ3v) is 3.41. The molecule has 0 heterocycles. The number of amides is 1. The fraction of sp³-hybridized carbons (Fsp3) is 0.579. The van der Waals surface area contributed by atoms with Gasteiger partial charge >= 0.3 is 6.09 Å². The van der Waals surface area contributed by atoms with Gasteiger partial charge in [-0.25, -0.2) is 4.79 Å². The summed E-state index contributed by atoms with van der Waals surface area (Å²) in [5.41, 5.74) is 1.34. The molecule has 1 N–H and O–H groups in total. The topological polar surface area (TPSA) is 55.4 Å². The van der Waals surface area contributed by atoms with Gasteiger partial charge in [0, 0.05) is 18.5 Å². The second-order valence-electron chi connectivity index (χ2n) is 7.36. The first-order valence-electron chi connectivity index (χ1n) is 8.19. The molecule has 4 heteroatoms. The number of benzene rings is 1. The molecule has 4 nitrogen and oxygen atoms in total. The summed E-state index contributed by atoms with van der Waals surface area (Å²) in [5, 5.41) is 2.72. The number of carbonyl (C=O) groups excluding carboxylic acids is 2. The van der Waals surface area contributed by atoms with E-state index >= 15 is 0 Å². The highest BCUT2D eigenvalue weighted by molar-refractivity contribution is 5.97. The molecule has 1 amide bonds. The molecule has 128 valence electrons. The fourth-order valence-corrected chi connectivity index (χ4v) is 2.32. The Bertz CT molecular complexity index is 544. The molecule has 0 fully saturated rings. The minimum Gasteiger partial charge on any atom is -0.444 e. The monoisotopic (exact) mass is 319 g/mol. The largest absolute Gasteiger partial charge is 0.444 e. The lowest BCUT2D eigenvalue weighted by molar-refractivity contribution is 0.0517. The van der Waals surface area contributed by atoms with E-state index in [0.717, 1.165) is 11.1 Å². The molecule has 1 aromatic rings. The summed E-state index contributed by atoms with van der Waals surface area (Å²) in [6.07, 6.45) is -0.0427. The maximum absolute atomic E-state index is 12.5.